The van der Waals surface area contributed by atoms with Crippen molar-refractivity contribution in [2.24, 2.45) is 5.92 Å². The first-order valence-corrected chi connectivity index (χ1v) is 5.99. The van der Waals surface area contributed by atoms with Crippen LogP contribution >= 0.6 is 0 Å². The van der Waals surface area contributed by atoms with Crippen LogP contribution in [0.1, 0.15) is 12.5 Å². The molecule has 0 aromatic heterocycles. The minimum atomic E-state index is -4.31. The smallest absolute Gasteiger partial charge is 0.264 e. The van der Waals surface area contributed by atoms with E-state index < -0.39 is 10.4 Å². The zero-order valence-corrected chi connectivity index (χ0v) is 9.28. The molecule has 1 rings (SSSR count). The van der Waals surface area contributed by atoms with Crippen LogP contribution < -0.4 is 0 Å². The molecule has 0 radical (unpaired) electrons. The second-order valence-corrected chi connectivity index (χ2v) is 4.60. The number of hydrogen-bond acceptors (Lipinski definition) is 3. The summed E-state index contributed by atoms with van der Waals surface area (Å²) in [6, 6.07) is 9.69. The first-order chi connectivity index (χ1) is 6.97. The van der Waals surface area contributed by atoms with Gasteiger partial charge in [0.1, 0.15) is 0 Å². The van der Waals surface area contributed by atoms with Crippen LogP contribution in [0.15, 0.2) is 30.3 Å². The molecule has 0 bridgehead atoms. The Morgan fingerprint density at radius 3 is 2.47 bits per heavy atom. The zero-order valence-electron chi connectivity index (χ0n) is 8.46. The van der Waals surface area contributed by atoms with Crippen LogP contribution in [-0.2, 0) is 21.0 Å². The van der Waals surface area contributed by atoms with Gasteiger partial charge in [-0.3, -0.25) is 4.55 Å². The van der Waals surface area contributed by atoms with Crippen LogP contribution in [0.5, 0.6) is 0 Å². The third-order valence-corrected chi connectivity index (χ3v) is 2.36. The Bertz CT molecular complexity index is 385. The van der Waals surface area contributed by atoms with Crippen LogP contribution in [0.4, 0.5) is 0 Å². The molecule has 1 atom stereocenters. The fourth-order valence-electron chi connectivity index (χ4n) is 1.28. The summed E-state index contributed by atoms with van der Waals surface area (Å²) in [5, 5.41) is 0. The monoisotopic (exact) mass is 230 g/mol. The molecule has 1 N–H and O–H groups in total. The van der Waals surface area contributed by atoms with Gasteiger partial charge in [0, 0.05) is 0 Å². The van der Waals surface area contributed by atoms with Crippen molar-refractivity contribution in [3.63, 3.8) is 0 Å². The summed E-state index contributed by atoms with van der Waals surface area (Å²) in [5.74, 6) is 0.0364. The van der Waals surface area contributed by atoms with Crippen LogP contribution in [0, 0.1) is 5.92 Å². The lowest BCUT2D eigenvalue weighted by atomic mass is 10.0. The van der Waals surface area contributed by atoms with Gasteiger partial charge in [0.15, 0.2) is 0 Å². The molecule has 0 aliphatic carbocycles. The average Bonchev–Trinajstić information content (AvgIpc) is 2.15. The highest BCUT2D eigenvalue weighted by Crippen LogP contribution is 2.09. The molecule has 4 nitrogen and oxygen atoms in total. The Hall–Kier alpha value is -0.910. The van der Waals surface area contributed by atoms with Gasteiger partial charge in [0.25, 0.3) is 0 Å². The largest absolute Gasteiger partial charge is 0.397 e. The van der Waals surface area contributed by atoms with Gasteiger partial charge in [-0.15, -0.1) is 0 Å². The van der Waals surface area contributed by atoms with Gasteiger partial charge in [0.05, 0.1) is 6.61 Å². The predicted molar refractivity (Wildman–Crippen MR) is 56.8 cm³/mol. The maximum atomic E-state index is 10.3. The lowest BCUT2D eigenvalue weighted by molar-refractivity contribution is 0.230. The molecule has 0 spiro atoms. The standard InChI is InChI=1S/C10H14O4S/c1-9(8-14-15(11,12)13)7-10-5-3-2-4-6-10/h2-6,9H,7-8H2,1H3,(H,11,12,13). The van der Waals surface area contributed by atoms with Crippen molar-refractivity contribution in [2.45, 2.75) is 13.3 Å². The molecule has 5 heteroatoms. The van der Waals surface area contributed by atoms with Gasteiger partial charge < -0.3 is 0 Å². The normalized spacial score (nSPS) is 13.7. The highest BCUT2D eigenvalue weighted by Gasteiger charge is 2.09. The Morgan fingerprint density at radius 2 is 1.93 bits per heavy atom. The molecule has 0 fully saturated rings. The van der Waals surface area contributed by atoms with E-state index in [1.54, 1.807) is 0 Å². The maximum absolute atomic E-state index is 10.3. The van der Waals surface area contributed by atoms with E-state index in [0.717, 1.165) is 12.0 Å². The van der Waals surface area contributed by atoms with Crippen molar-refractivity contribution in [2.75, 3.05) is 6.61 Å². The lowest BCUT2D eigenvalue weighted by Crippen LogP contribution is -2.13. The van der Waals surface area contributed by atoms with Crippen molar-refractivity contribution < 1.29 is 17.2 Å². The van der Waals surface area contributed by atoms with E-state index >= 15 is 0 Å². The fourth-order valence-corrected chi connectivity index (χ4v) is 1.68. The van der Waals surface area contributed by atoms with E-state index in [2.05, 4.69) is 4.18 Å². The van der Waals surface area contributed by atoms with Crippen LogP contribution in [0.25, 0.3) is 0 Å². The molecule has 0 saturated heterocycles. The van der Waals surface area contributed by atoms with Crippen molar-refractivity contribution in [1.82, 2.24) is 0 Å². The maximum Gasteiger partial charge on any atom is 0.397 e. The molecule has 0 aliphatic rings. The van der Waals surface area contributed by atoms with E-state index in [1.165, 1.54) is 0 Å². The Balaban J connectivity index is 2.40. The number of hydrogen-bond donors (Lipinski definition) is 1. The van der Waals surface area contributed by atoms with Gasteiger partial charge in [-0.2, -0.15) is 8.42 Å². The quantitative estimate of drug-likeness (QED) is 0.782. The molecule has 0 aliphatic heterocycles. The Kier molecular flexibility index (Phi) is 4.26. The second kappa shape index (κ2) is 5.25. The summed E-state index contributed by atoms with van der Waals surface area (Å²) in [7, 11) is -4.31. The molecule has 15 heavy (non-hydrogen) atoms. The van der Waals surface area contributed by atoms with Crippen molar-refractivity contribution in [1.29, 1.82) is 0 Å². The van der Waals surface area contributed by atoms with E-state index in [4.69, 9.17) is 4.55 Å². The summed E-state index contributed by atoms with van der Waals surface area (Å²) in [4.78, 5) is 0. The highest BCUT2D eigenvalue weighted by atomic mass is 32.3. The van der Waals surface area contributed by atoms with Crippen LogP contribution in [0.2, 0.25) is 0 Å². The topological polar surface area (TPSA) is 63.6 Å². The first-order valence-electron chi connectivity index (χ1n) is 4.63. The van der Waals surface area contributed by atoms with E-state index in [-0.39, 0.29) is 12.5 Å². The van der Waals surface area contributed by atoms with E-state index in [9.17, 15) is 8.42 Å². The first kappa shape index (κ1) is 12.2. The van der Waals surface area contributed by atoms with E-state index in [0.29, 0.717) is 0 Å². The van der Waals surface area contributed by atoms with Crippen molar-refractivity contribution >= 4 is 10.4 Å². The molecule has 1 aromatic carbocycles. The van der Waals surface area contributed by atoms with Gasteiger partial charge >= 0.3 is 10.4 Å². The Morgan fingerprint density at radius 1 is 1.33 bits per heavy atom. The summed E-state index contributed by atoms with van der Waals surface area (Å²) in [6.07, 6.45) is 0.719. The zero-order chi connectivity index (χ0) is 11.3. The highest BCUT2D eigenvalue weighted by molar-refractivity contribution is 7.80. The van der Waals surface area contributed by atoms with Crippen molar-refractivity contribution in [3.05, 3.63) is 35.9 Å². The lowest BCUT2D eigenvalue weighted by Gasteiger charge is -2.09. The minimum absolute atomic E-state index is 0.00622. The van der Waals surface area contributed by atoms with Crippen molar-refractivity contribution in [3.8, 4) is 0 Å². The molecule has 1 unspecified atom stereocenters. The third-order valence-electron chi connectivity index (χ3n) is 1.93. The summed E-state index contributed by atoms with van der Waals surface area (Å²) in [5.41, 5.74) is 1.11. The molecular weight excluding hydrogens is 216 g/mol. The summed E-state index contributed by atoms with van der Waals surface area (Å²) < 4.78 is 33.3. The molecule has 1 aromatic rings. The Labute approximate surface area is 89.8 Å². The molecule has 0 amide bonds. The fraction of sp³-hybridized carbons (Fsp3) is 0.400. The summed E-state index contributed by atoms with van der Waals surface area (Å²) >= 11 is 0. The van der Waals surface area contributed by atoms with Gasteiger partial charge in [-0.1, -0.05) is 37.3 Å². The SMILES string of the molecule is CC(COS(=O)(=O)O)Cc1ccccc1. The molecular formula is C10H14O4S. The third kappa shape index (κ3) is 5.51. The van der Waals surface area contributed by atoms with Gasteiger partial charge in [0.2, 0.25) is 0 Å². The number of rotatable bonds is 5. The predicted octanol–water partition coefficient (Wildman–Crippen LogP) is 1.68. The van der Waals surface area contributed by atoms with Crippen LogP contribution in [0.3, 0.4) is 0 Å². The van der Waals surface area contributed by atoms with Crippen LogP contribution in [-0.4, -0.2) is 19.6 Å². The minimum Gasteiger partial charge on any atom is -0.264 e. The number of benzene rings is 1. The van der Waals surface area contributed by atoms with Gasteiger partial charge in [-0.25, -0.2) is 4.18 Å². The molecule has 0 heterocycles. The van der Waals surface area contributed by atoms with Gasteiger partial charge in [-0.05, 0) is 17.9 Å². The second-order valence-electron chi connectivity index (χ2n) is 3.51. The molecule has 0 saturated carbocycles. The van der Waals surface area contributed by atoms with E-state index in [1.807, 2.05) is 37.3 Å². The summed E-state index contributed by atoms with van der Waals surface area (Å²) in [6.45, 7) is 1.85. The molecule has 84 valence electrons. The average molecular weight is 230 g/mol.